The van der Waals surface area contributed by atoms with E-state index in [-0.39, 0.29) is 46.2 Å². The lowest BCUT2D eigenvalue weighted by atomic mass is 9.98. The molecule has 9 nitrogen and oxygen atoms in total. The Morgan fingerprint density at radius 2 is 0.944 bits per heavy atom. The van der Waals surface area contributed by atoms with Crippen molar-refractivity contribution >= 4 is 41.3 Å². The zero-order valence-corrected chi connectivity index (χ0v) is 40.0. The lowest BCUT2D eigenvalue weighted by molar-refractivity contribution is -0.201. The lowest BCUT2D eigenvalue weighted by Gasteiger charge is -2.26. The van der Waals surface area contributed by atoms with Gasteiger partial charge in [0.2, 0.25) is 0 Å². The van der Waals surface area contributed by atoms with Crippen LogP contribution in [-0.4, -0.2) is 61.8 Å². The van der Waals surface area contributed by atoms with Crippen molar-refractivity contribution in [1.29, 1.82) is 0 Å². The number of rotatable bonds is 27. The fourth-order valence-corrected chi connectivity index (χ4v) is 6.56. The van der Waals surface area contributed by atoms with Gasteiger partial charge in [-0.15, -0.1) is 0 Å². The molecule has 5 rings (SSSR count). The van der Waals surface area contributed by atoms with Gasteiger partial charge in [0.25, 0.3) is 5.92 Å². The molecule has 5 aromatic rings. The number of carbonyl (C=O) groups is 2. The van der Waals surface area contributed by atoms with Crippen molar-refractivity contribution in [3.05, 3.63) is 174 Å². The normalized spacial score (nSPS) is 12.6. The van der Waals surface area contributed by atoms with Gasteiger partial charge in [0, 0.05) is 48.7 Å². The summed E-state index contributed by atoms with van der Waals surface area (Å²) in [6.45, 7) is 9.35. The molecule has 0 aliphatic rings. The molecule has 0 fully saturated rings. The molecular formula is C56H56F7NO8. The van der Waals surface area contributed by atoms with Gasteiger partial charge in [0.05, 0.1) is 19.1 Å². The van der Waals surface area contributed by atoms with E-state index in [1.807, 2.05) is 0 Å². The van der Waals surface area contributed by atoms with E-state index in [9.17, 15) is 40.3 Å². The molecule has 0 heterocycles. The molecule has 1 unspecified atom stereocenters. The molecule has 0 radical (unpaired) electrons. The second-order valence-corrected chi connectivity index (χ2v) is 17.2. The van der Waals surface area contributed by atoms with Crippen LogP contribution in [0.2, 0.25) is 0 Å². The fourth-order valence-electron chi connectivity index (χ4n) is 6.56. The van der Waals surface area contributed by atoms with E-state index in [2.05, 4.69) is 13.2 Å². The molecule has 0 spiro atoms. The maximum Gasteiger partial charge on any atom is 0.330 e. The number of benzene rings is 5. The summed E-state index contributed by atoms with van der Waals surface area (Å²) >= 11 is 0. The maximum atomic E-state index is 13.9. The predicted octanol–water partition coefficient (Wildman–Crippen LogP) is 14.0. The highest BCUT2D eigenvalue weighted by Gasteiger charge is 2.51. The van der Waals surface area contributed by atoms with Crippen LogP contribution in [0.3, 0.4) is 0 Å². The van der Waals surface area contributed by atoms with Gasteiger partial charge in [-0.05, 0) is 134 Å². The summed E-state index contributed by atoms with van der Waals surface area (Å²) in [6, 6.07) is 33.7. The summed E-state index contributed by atoms with van der Waals surface area (Å²) in [4.78, 5) is 25.7. The maximum absolute atomic E-state index is 13.9. The van der Waals surface area contributed by atoms with Crippen LogP contribution in [0.4, 0.5) is 36.4 Å². The van der Waals surface area contributed by atoms with Gasteiger partial charge in [-0.3, -0.25) is 0 Å². The van der Waals surface area contributed by atoms with Crippen LogP contribution in [0.5, 0.6) is 23.0 Å². The van der Waals surface area contributed by atoms with Gasteiger partial charge in [0.1, 0.15) is 47.7 Å². The van der Waals surface area contributed by atoms with Crippen molar-refractivity contribution in [3.63, 3.8) is 0 Å². The second-order valence-electron chi connectivity index (χ2n) is 17.2. The minimum absolute atomic E-state index is 0.00152. The van der Waals surface area contributed by atoms with Crippen molar-refractivity contribution in [2.24, 2.45) is 0 Å². The molecule has 0 bridgehead atoms. The van der Waals surface area contributed by atoms with Crippen LogP contribution >= 0.6 is 0 Å². The minimum Gasteiger partial charge on any atom is -0.494 e. The monoisotopic (exact) mass is 1000 g/mol. The number of halogens is 7. The number of esters is 2. The van der Waals surface area contributed by atoms with Gasteiger partial charge in [-0.1, -0.05) is 55.6 Å². The number of ether oxygens (including phenoxy) is 6. The van der Waals surface area contributed by atoms with E-state index in [0.29, 0.717) is 68.0 Å². The van der Waals surface area contributed by atoms with Crippen LogP contribution in [-0.2, 0) is 19.1 Å². The molecule has 72 heavy (non-hydrogen) atoms. The number of alkyl halides is 7. The van der Waals surface area contributed by atoms with Gasteiger partial charge in [0.15, 0.2) is 5.67 Å². The topological polar surface area (TPSA) is 116 Å². The summed E-state index contributed by atoms with van der Waals surface area (Å²) in [5.74, 6) is -11.2. The van der Waals surface area contributed by atoms with E-state index in [1.54, 1.807) is 133 Å². The van der Waals surface area contributed by atoms with Crippen molar-refractivity contribution in [3.8, 4) is 23.0 Å². The number of hydrogen-bond acceptors (Lipinski definition) is 9. The summed E-state index contributed by atoms with van der Waals surface area (Å²) in [5, 5.41) is 0. The highest BCUT2D eigenvalue weighted by Crippen LogP contribution is 2.38. The molecule has 5 aromatic carbocycles. The first kappa shape index (κ1) is 55.4. The van der Waals surface area contributed by atoms with Gasteiger partial charge >= 0.3 is 23.8 Å². The van der Waals surface area contributed by atoms with E-state index < -0.39 is 54.1 Å². The Morgan fingerprint density at radius 3 is 1.33 bits per heavy atom. The SMILES string of the molecule is C=C(Oc1ccc(/C=C/C(=O)OCC(COC(=O)/C=C/c2ccc(OC(=C)c3ccc(OCCCC(F)(F)C(C)(F)F)cc3)cc2)c2ccccc2N)cc1)c1ccc(OCCCC(F)(F)C(C)(C)F)cc1. The number of carbonyl (C=O) groups excluding carboxylic acids is 2. The van der Waals surface area contributed by atoms with Gasteiger partial charge in [-0.2, -0.15) is 8.78 Å². The summed E-state index contributed by atoms with van der Waals surface area (Å²) in [6.07, 6.45) is 3.70. The average Bonchev–Trinajstić information content (AvgIpc) is 3.33. The number of hydrogen-bond donors (Lipinski definition) is 1. The van der Waals surface area contributed by atoms with Gasteiger partial charge < -0.3 is 34.2 Å². The van der Waals surface area contributed by atoms with Crippen molar-refractivity contribution in [2.45, 2.75) is 75.8 Å². The summed E-state index contributed by atoms with van der Waals surface area (Å²) in [5.41, 5.74) is 7.25. The Kier molecular flexibility index (Phi) is 19.3. The Morgan fingerprint density at radius 1 is 0.556 bits per heavy atom. The second kappa shape index (κ2) is 25.1. The molecule has 382 valence electrons. The van der Waals surface area contributed by atoms with Crippen LogP contribution in [0, 0.1) is 0 Å². The van der Waals surface area contributed by atoms with Gasteiger partial charge in [-0.25, -0.2) is 31.5 Å². The third-order valence-corrected chi connectivity index (χ3v) is 11.0. The quantitative estimate of drug-likeness (QED) is 0.0137. The van der Waals surface area contributed by atoms with Crippen LogP contribution < -0.4 is 24.7 Å². The number of anilines is 1. The third kappa shape index (κ3) is 17.1. The third-order valence-electron chi connectivity index (χ3n) is 11.0. The Labute approximate surface area is 414 Å². The highest BCUT2D eigenvalue weighted by molar-refractivity contribution is 5.88. The Balaban J connectivity index is 1.04. The lowest BCUT2D eigenvalue weighted by Crippen LogP contribution is -2.38. The van der Waals surface area contributed by atoms with Crippen LogP contribution in [0.15, 0.2) is 147 Å². The van der Waals surface area contributed by atoms with Crippen LogP contribution in [0.1, 0.15) is 80.2 Å². The first-order valence-corrected chi connectivity index (χ1v) is 22.8. The molecular weight excluding hydrogens is 948 g/mol. The standard InChI is InChI=1S/C56H56F7NO8/c1-38(42-18-26-45(27-19-42)67-34-8-32-55(60,61)53(3,4)57)71-47-22-12-40(13-23-47)16-30-51(65)69-36-44(49-10-6-7-11-50(49)64)37-70-52(66)31-17-41-14-24-48(25-15-41)72-39(2)43-20-28-46(29-21-43)68-35-9-33-56(62,63)54(5,58)59/h6-7,10-31,44H,1-2,8-9,32-37,64H2,3-5H3/b30-16+,31-17+. The Hall–Kier alpha value is -7.49. The predicted molar refractivity (Wildman–Crippen MR) is 264 cm³/mol. The number of nitrogens with two attached hydrogens (primary N) is 1. The molecule has 0 amide bonds. The smallest absolute Gasteiger partial charge is 0.330 e. The molecule has 0 aromatic heterocycles. The van der Waals surface area contributed by atoms with Crippen molar-refractivity contribution < 1.29 is 68.7 Å². The molecule has 2 N–H and O–H groups in total. The molecule has 0 saturated carbocycles. The van der Waals surface area contributed by atoms with Crippen molar-refractivity contribution in [1.82, 2.24) is 0 Å². The molecule has 0 aliphatic heterocycles. The minimum atomic E-state index is -4.12. The zero-order valence-electron chi connectivity index (χ0n) is 40.0. The number of nitrogen functional groups attached to an aromatic ring is 1. The van der Waals surface area contributed by atoms with Crippen LogP contribution in [0.25, 0.3) is 23.7 Å². The largest absolute Gasteiger partial charge is 0.494 e. The summed E-state index contributed by atoms with van der Waals surface area (Å²) in [7, 11) is 0. The molecule has 16 heteroatoms. The number of para-hydroxylation sites is 1. The highest BCUT2D eigenvalue weighted by atomic mass is 19.3. The zero-order chi connectivity index (χ0) is 52.5. The van der Waals surface area contributed by atoms with E-state index >= 15 is 0 Å². The molecule has 1 atom stereocenters. The Bertz CT molecular complexity index is 2480. The van der Waals surface area contributed by atoms with E-state index in [4.69, 9.17) is 34.2 Å². The first-order chi connectivity index (χ1) is 34.0. The average molecular weight is 1000 g/mol. The summed E-state index contributed by atoms with van der Waals surface area (Å²) < 4.78 is 128. The van der Waals surface area contributed by atoms with E-state index in [0.717, 1.165) is 13.8 Å². The molecule has 0 saturated heterocycles. The molecule has 0 aliphatic carbocycles. The first-order valence-electron chi connectivity index (χ1n) is 22.8. The van der Waals surface area contributed by atoms with Crippen molar-refractivity contribution in [2.75, 3.05) is 32.2 Å². The van der Waals surface area contributed by atoms with E-state index in [1.165, 1.54) is 12.2 Å². The fraction of sp³-hybridized carbons (Fsp3) is 0.286.